The van der Waals surface area contributed by atoms with Crippen molar-refractivity contribution in [3.8, 4) is 0 Å². The molecule has 10 heteroatoms. The molecule has 0 heterocycles. The van der Waals surface area contributed by atoms with Crippen LogP contribution in [0, 0.1) is 0 Å². The summed E-state index contributed by atoms with van der Waals surface area (Å²) in [7, 11) is 0. The van der Waals surface area contributed by atoms with Crippen LogP contribution in [-0.2, 0) is 14.4 Å². The van der Waals surface area contributed by atoms with E-state index in [0.717, 1.165) is 0 Å². The zero-order valence-corrected chi connectivity index (χ0v) is 14.2. The van der Waals surface area contributed by atoms with E-state index in [9.17, 15) is 19.2 Å². The average Bonchev–Trinajstić information content (AvgIpc) is 2.45. The molecule has 0 fully saturated rings. The largest absolute Gasteiger partial charge is 0.480 e. The molecule has 9 nitrogen and oxygen atoms in total. The highest BCUT2D eigenvalue weighted by Crippen LogP contribution is 2.10. The first-order chi connectivity index (χ1) is 10.6. The quantitative estimate of drug-likeness (QED) is 0.336. The molecule has 0 unspecified atom stereocenters. The number of hydrogen-bond acceptors (Lipinski definition) is 6. The third kappa shape index (κ3) is 10.5. The van der Waals surface area contributed by atoms with Crippen LogP contribution in [0.2, 0.25) is 0 Å². The molecule has 132 valence electrons. The van der Waals surface area contributed by atoms with Gasteiger partial charge >= 0.3 is 12.0 Å². The van der Waals surface area contributed by atoms with Crippen LogP contribution in [0.15, 0.2) is 0 Å². The van der Waals surface area contributed by atoms with Crippen molar-refractivity contribution in [3.63, 3.8) is 0 Å². The third-order valence-corrected chi connectivity index (χ3v) is 3.72. The number of nitrogens with one attached hydrogen (secondary N) is 3. The summed E-state index contributed by atoms with van der Waals surface area (Å²) < 4.78 is 0. The van der Waals surface area contributed by atoms with Gasteiger partial charge in [0.05, 0.1) is 6.54 Å². The Morgan fingerprint density at radius 3 is 2.26 bits per heavy atom. The number of aliphatic carboxylic acids is 1. The lowest BCUT2D eigenvalue weighted by Gasteiger charge is -2.19. The number of hydrogen-bond donors (Lipinski definition) is 5. The van der Waals surface area contributed by atoms with Crippen LogP contribution >= 0.6 is 11.8 Å². The van der Waals surface area contributed by atoms with Crippen molar-refractivity contribution in [2.75, 3.05) is 18.8 Å². The first-order valence-electron chi connectivity index (χ1n) is 7.05. The molecule has 0 spiro atoms. The average molecular weight is 348 g/mol. The van der Waals surface area contributed by atoms with E-state index in [4.69, 9.17) is 10.8 Å². The summed E-state index contributed by atoms with van der Waals surface area (Å²) in [5, 5.41) is 16.1. The van der Waals surface area contributed by atoms with Crippen molar-refractivity contribution in [2.45, 2.75) is 38.1 Å². The van der Waals surface area contributed by atoms with Gasteiger partial charge in [-0.1, -0.05) is 13.8 Å². The van der Waals surface area contributed by atoms with Gasteiger partial charge in [-0.3, -0.25) is 14.4 Å². The highest BCUT2D eigenvalue weighted by atomic mass is 32.2. The highest BCUT2D eigenvalue weighted by molar-refractivity contribution is 7.99. The number of ketones is 1. The minimum Gasteiger partial charge on any atom is -0.480 e. The van der Waals surface area contributed by atoms with Gasteiger partial charge < -0.3 is 26.8 Å². The SMILES string of the molecule is CC(=O)CNC(=O)[C@H](CSC(C)C)NC(=O)NC[C@H](N)C(=O)O. The maximum Gasteiger partial charge on any atom is 0.322 e. The lowest BCUT2D eigenvalue weighted by Crippen LogP contribution is -2.54. The second-order valence-corrected chi connectivity index (χ2v) is 6.76. The molecule has 3 amide bonds. The number of urea groups is 1. The Bertz CT molecular complexity index is 444. The molecular formula is C13H24N4O5S. The van der Waals surface area contributed by atoms with Crippen LogP contribution in [-0.4, -0.2) is 65.0 Å². The van der Waals surface area contributed by atoms with E-state index in [2.05, 4.69) is 16.0 Å². The molecule has 0 saturated heterocycles. The van der Waals surface area contributed by atoms with Crippen LogP contribution in [0.3, 0.4) is 0 Å². The molecule has 0 aliphatic heterocycles. The van der Waals surface area contributed by atoms with E-state index in [0.29, 0.717) is 5.75 Å². The summed E-state index contributed by atoms with van der Waals surface area (Å²) in [5.41, 5.74) is 5.27. The van der Waals surface area contributed by atoms with Crippen LogP contribution in [0.25, 0.3) is 0 Å². The Balaban J connectivity index is 4.54. The van der Waals surface area contributed by atoms with E-state index in [-0.39, 0.29) is 24.1 Å². The molecule has 0 radical (unpaired) electrons. The summed E-state index contributed by atoms with van der Waals surface area (Å²) in [4.78, 5) is 45.2. The Morgan fingerprint density at radius 2 is 1.78 bits per heavy atom. The minimum absolute atomic E-state index is 0.116. The van der Waals surface area contributed by atoms with Crippen molar-refractivity contribution < 1.29 is 24.3 Å². The van der Waals surface area contributed by atoms with Gasteiger partial charge in [-0.2, -0.15) is 11.8 Å². The summed E-state index contributed by atoms with van der Waals surface area (Å²) >= 11 is 1.47. The van der Waals surface area contributed by atoms with Crippen LogP contribution in [0.5, 0.6) is 0 Å². The van der Waals surface area contributed by atoms with Gasteiger partial charge in [0, 0.05) is 12.3 Å². The van der Waals surface area contributed by atoms with Gasteiger partial charge in [0.1, 0.15) is 17.9 Å². The standard InChI is InChI=1S/C13H24N4O5S/c1-7(2)23-6-10(11(19)15-4-8(3)18)17-13(22)16-5-9(14)12(20)21/h7,9-10H,4-6,14H2,1-3H3,(H,15,19)(H,20,21)(H2,16,17,22)/t9-,10-/m0/s1. The first kappa shape index (κ1) is 21.2. The summed E-state index contributed by atoms with van der Waals surface area (Å²) in [5.74, 6) is -1.60. The lowest BCUT2D eigenvalue weighted by atomic mass is 10.3. The maximum atomic E-state index is 12.0. The number of amides is 3. The van der Waals surface area contributed by atoms with E-state index >= 15 is 0 Å². The van der Waals surface area contributed by atoms with E-state index in [1.807, 2.05) is 13.8 Å². The Labute approximate surface area is 139 Å². The van der Waals surface area contributed by atoms with Crippen molar-refractivity contribution in [3.05, 3.63) is 0 Å². The lowest BCUT2D eigenvalue weighted by molar-refractivity contribution is -0.138. The zero-order chi connectivity index (χ0) is 18.0. The number of thioether (sulfide) groups is 1. The second-order valence-electron chi connectivity index (χ2n) is 5.15. The summed E-state index contributed by atoms with van der Waals surface area (Å²) in [6.07, 6.45) is 0. The van der Waals surface area contributed by atoms with Gasteiger partial charge in [-0.25, -0.2) is 4.79 Å². The van der Waals surface area contributed by atoms with Crippen molar-refractivity contribution in [1.29, 1.82) is 0 Å². The fraction of sp³-hybridized carbons (Fsp3) is 0.692. The fourth-order valence-corrected chi connectivity index (χ4v) is 2.12. The smallest absolute Gasteiger partial charge is 0.322 e. The number of nitrogens with two attached hydrogens (primary N) is 1. The van der Waals surface area contributed by atoms with Crippen LogP contribution < -0.4 is 21.7 Å². The number of carboxylic acid groups (broad SMARTS) is 1. The zero-order valence-electron chi connectivity index (χ0n) is 13.4. The van der Waals surface area contributed by atoms with Crippen LogP contribution in [0.1, 0.15) is 20.8 Å². The molecule has 23 heavy (non-hydrogen) atoms. The Hall–Kier alpha value is -1.81. The number of rotatable bonds is 10. The molecule has 0 aromatic heterocycles. The minimum atomic E-state index is -1.24. The topological polar surface area (TPSA) is 151 Å². The predicted octanol–water partition coefficient (Wildman–Crippen LogP) is -1.09. The molecule has 6 N–H and O–H groups in total. The second kappa shape index (κ2) is 10.8. The molecular weight excluding hydrogens is 324 g/mol. The Kier molecular flexibility index (Phi) is 9.99. The molecule has 0 aromatic rings. The summed E-state index contributed by atoms with van der Waals surface area (Å²) in [6, 6.07) is -2.77. The molecule has 0 bridgehead atoms. The van der Waals surface area contributed by atoms with Crippen LogP contribution in [0.4, 0.5) is 4.79 Å². The first-order valence-corrected chi connectivity index (χ1v) is 8.09. The molecule has 2 atom stereocenters. The van der Waals surface area contributed by atoms with Crippen molar-refractivity contribution in [2.24, 2.45) is 5.73 Å². The third-order valence-electron chi connectivity index (χ3n) is 2.53. The van der Waals surface area contributed by atoms with Gasteiger partial charge in [0.15, 0.2) is 0 Å². The summed E-state index contributed by atoms with van der Waals surface area (Å²) in [6.45, 7) is 4.85. The number of carbonyl (C=O) groups excluding carboxylic acids is 3. The van der Waals surface area contributed by atoms with Gasteiger partial charge in [-0.05, 0) is 12.2 Å². The molecule has 0 aliphatic carbocycles. The fourth-order valence-electron chi connectivity index (χ4n) is 1.31. The maximum absolute atomic E-state index is 12.0. The van der Waals surface area contributed by atoms with E-state index in [1.165, 1.54) is 18.7 Å². The normalized spacial score (nSPS) is 13.1. The molecule has 0 saturated carbocycles. The Morgan fingerprint density at radius 1 is 1.17 bits per heavy atom. The van der Waals surface area contributed by atoms with Gasteiger partial charge in [-0.15, -0.1) is 0 Å². The highest BCUT2D eigenvalue weighted by Gasteiger charge is 2.22. The van der Waals surface area contributed by atoms with Gasteiger partial charge in [0.25, 0.3) is 0 Å². The monoisotopic (exact) mass is 348 g/mol. The van der Waals surface area contributed by atoms with Crippen molar-refractivity contribution >= 4 is 35.5 Å². The molecule has 0 aromatic carbocycles. The molecule has 0 aliphatic rings. The van der Waals surface area contributed by atoms with E-state index in [1.54, 1.807) is 0 Å². The predicted molar refractivity (Wildman–Crippen MR) is 87.2 cm³/mol. The number of carboxylic acids is 1. The van der Waals surface area contributed by atoms with Gasteiger partial charge in [0.2, 0.25) is 5.91 Å². The van der Waals surface area contributed by atoms with E-state index < -0.39 is 30.0 Å². The molecule has 0 rings (SSSR count). The number of Topliss-reactive ketones (excluding diaryl/α,β-unsaturated/α-hetero) is 1. The number of carbonyl (C=O) groups is 4. The van der Waals surface area contributed by atoms with Crippen molar-refractivity contribution in [1.82, 2.24) is 16.0 Å².